The van der Waals surface area contributed by atoms with Gasteiger partial charge in [0, 0.05) is 17.9 Å². The van der Waals surface area contributed by atoms with Crippen LogP contribution in [0.25, 0.3) is 0 Å². The van der Waals surface area contributed by atoms with E-state index in [4.69, 9.17) is 4.74 Å². The Bertz CT molecular complexity index is 483. The number of nitrogens with zero attached hydrogens (tertiary/aromatic N) is 1. The average molecular weight is 332 g/mol. The third-order valence-electron chi connectivity index (χ3n) is 3.12. The summed E-state index contributed by atoms with van der Waals surface area (Å²) in [6, 6.07) is 3.46. The molecule has 0 saturated carbocycles. The van der Waals surface area contributed by atoms with E-state index in [1.807, 2.05) is 6.92 Å². The highest BCUT2D eigenvalue weighted by Crippen LogP contribution is 2.20. The van der Waals surface area contributed by atoms with E-state index < -0.39 is 5.82 Å². The maximum absolute atomic E-state index is 13.7. The van der Waals surface area contributed by atoms with Crippen molar-refractivity contribution in [1.29, 1.82) is 0 Å². The second-order valence-corrected chi connectivity index (χ2v) is 5.23. The Labute approximate surface area is 119 Å². The summed E-state index contributed by atoms with van der Waals surface area (Å²) in [5.41, 5.74) is -0.0279. The van der Waals surface area contributed by atoms with Crippen LogP contribution in [-0.4, -0.2) is 46.5 Å². The van der Waals surface area contributed by atoms with Crippen molar-refractivity contribution in [3.8, 4) is 5.75 Å². The van der Waals surface area contributed by atoms with Gasteiger partial charge in [-0.05, 0) is 19.1 Å². The molecule has 19 heavy (non-hydrogen) atoms. The number of carbonyl (C=O) groups excluding carboxylic acids is 1. The first-order valence-electron chi connectivity index (χ1n) is 6.00. The van der Waals surface area contributed by atoms with Gasteiger partial charge in [0.05, 0.1) is 24.3 Å². The third-order valence-corrected chi connectivity index (χ3v) is 3.84. The van der Waals surface area contributed by atoms with Gasteiger partial charge in [-0.3, -0.25) is 4.79 Å². The van der Waals surface area contributed by atoms with Crippen LogP contribution >= 0.6 is 15.9 Å². The van der Waals surface area contributed by atoms with Crippen molar-refractivity contribution in [3.05, 3.63) is 29.6 Å². The molecule has 0 aromatic heterocycles. The Hall–Kier alpha value is -1.14. The van der Waals surface area contributed by atoms with Crippen LogP contribution in [-0.2, 0) is 4.74 Å². The highest BCUT2D eigenvalue weighted by molar-refractivity contribution is 9.09. The number of morpholine rings is 1. The fourth-order valence-electron chi connectivity index (χ4n) is 2.03. The standard InChI is InChI=1S/C13H15BrFNO3/c1-8-7-19-10(5-14)6-16(8)13(18)11-3-2-9(17)4-12(11)15/h2-4,8,10,17H,5-7H2,1H3. The molecule has 104 valence electrons. The quantitative estimate of drug-likeness (QED) is 0.845. The van der Waals surface area contributed by atoms with Gasteiger partial charge in [-0.2, -0.15) is 0 Å². The number of halogens is 2. The molecule has 1 fully saturated rings. The minimum atomic E-state index is -0.709. The number of carbonyl (C=O) groups is 1. The summed E-state index contributed by atoms with van der Waals surface area (Å²) in [7, 11) is 0. The minimum absolute atomic E-state index is 0.0279. The molecule has 1 heterocycles. The van der Waals surface area contributed by atoms with Crippen molar-refractivity contribution in [1.82, 2.24) is 4.90 Å². The molecule has 1 N–H and O–H groups in total. The topological polar surface area (TPSA) is 49.8 Å². The van der Waals surface area contributed by atoms with Gasteiger partial charge in [0.25, 0.3) is 5.91 Å². The molecule has 1 aromatic rings. The second kappa shape index (κ2) is 5.88. The number of rotatable bonds is 2. The third kappa shape index (κ3) is 3.06. The average Bonchev–Trinajstić information content (AvgIpc) is 2.38. The Morgan fingerprint density at radius 2 is 2.37 bits per heavy atom. The molecular weight excluding hydrogens is 317 g/mol. The van der Waals surface area contributed by atoms with Gasteiger partial charge in [-0.25, -0.2) is 4.39 Å². The lowest BCUT2D eigenvalue weighted by molar-refractivity contribution is -0.0363. The molecular formula is C13H15BrFNO3. The second-order valence-electron chi connectivity index (χ2n) is 4.58. The van der Waals surface area contributed by atoms with Crippen molar-refractivity contribution >= 4 is 21.8 Å². The van der Waals surface area contributed by atoms with Crippen LogP contribution in [0.4, 0.5) is 4.39 Å². The van der Waals surface area contributed by atoms with Crippen molar-refractivity contribution < 1.29 is 19.0 Å². The van der Waals surface area contributed by atoms with E-state index in [0.717, 1.165) is 6.07 Å². The lowest BCUT2D eigenvalue weighted by Gasteiger charge is -2.37. The number of benzene rings is 1. The van der Waals surface area contributed by atoms with Gasteiger partial charge in [0.2, 0.25) is 0 Å². The summed E-state index contributed by atoms with van der Waals surface area (Å²) in [5, 5.41) is 9.80. The van der Waals surface area contributed by atoms with Gasteiger partial charge in [-0.1, -0.05) is 15.9 Å². The number of amides is 1. The van der Waals surface area contributed by atoms with Crippen LogP contribution in [0.2, 0.25) is 0 Å². The molecule has 1 aromatic carbocycles. The fourth-order valence-corrected chi connectivity index (χ4v) is 2.42. The maximum atomic E-state index is 13.7. The molecule has 2 atom stereocenters. The monoisotopic (exact) mass is 331 g/mol. The summed E-state index contributed by atoms with van der Waals surface area (Å²) < 4.78 is 19.2. The van der Waals surface area contributed by atoms with Crippen molar-refractivity contribution in [2.24, 2.45) is 0 Å². The Kier molecular flexibility index (Phi) is 4.42. The molecule has 1 aliphatic rings. The van der Waals surface area contributed by atoms with Gasteiger partial charge in [0.15, 0.2) is 0 Å². The minimum Gasteiger partial charge on any atom is -0.508 e. The number of aromatic hydroxyl groups is 1. The van der Waals surface area contributed by atoms with Gasteiger partial charge < -0.3 is 14.7 Å². The zero-order chi connectivity index (χ0) is 14.0. The maximum Gasteiger partial charge on any atom is 0.257 e. The van der Waals surface area contributed by atoms with Crippen molar-refractivity contribution in [3.63, 3.8) is 0 Å². The molecule has 0 spiro atoms. The Morgan fingerprint density at radius 3 is 3.00 bits per heavy atom. The first-order valence-corrected chi connectivity index (χ1v) is 7.12. The number of phenolic OH excluding ortho intramolecular Hbond substituents is 1. The molecule has 6 heteroatoms. The number of alkyl halides is 1. The van der Waals surface area contributed by atoms with E-state index in [0.29, 0.717) is 18.5 Å². The van der Waals surface area contributed by atoms with E-state index >= 15 is 0 Å². The van der Waals surface area contributed by atoms with E-state index in [1.165, 1.54) is 12.1 Å². The summed E-state index contributed by atoms with van der Waals surface area (Å²) in [6.07, 6.45) is -0.0830. The number of hydrogen-bond donors (Lipinski definition) is 1. The molecule has 0 bridgehead atoms. The van der Waals surface area contributed by atoms with Crippen LogP contribution in [0.15, 0.2) is 18.2 Å². The van der Waals surface area contributed by atoms with E-state index in [2.05, 4.69) is 15.9 Å². The predicted molar refractivity (Wildman–Crippen MR) is 72.1 cm³/mol. The highest BCUT2D eigenvalue weighted by atomic mass is 79.9. The van der Waals surface area contributed by atoms with E-state index in [-0.39, 0.29) is 29.4 Å². The van der Waals surface area contributed by atoms with E-state index in [1.54, 1.807) is 4.90 Å². The van der Waals surface area contributed by atoms with Crippen molar-refractivity contribution in [2.45, 2.75) is 19.1 Å². The fraction of sp³-hybridized carbons (Fsp3) is 0.462. The number of hydrogen-bond acceptors (Lipinski definition) is 3. The first-order chi connectivity index (χ1) is 9.02. The van der Waals surface area contributed by atoms with Crippen LogP contribution in [0.1, 0.15) is 17.3 Å². The van der Waals surface area contributed by atoms with E-state index in [9.17, 15) is 14.3 Å². The van der Waals surface area contributed by atoms with Gasteiger partial charge in [0.1, 0.15) is 11.6 Å². The van der Waals surface area contributed by atoms with Crippen LogP contribution in [0.5, 0.6) is 5.75 Å². The normalized spacial score (nSPS) is 23.4. The highest BCUT2D eigenvalue weighted by Gasteiger charge is 2.30. The molecule has 0 radical (unpaired) electrons. The molecule has 1 saturated heterocycles. The van der Waals surface area contributed by atoms with Gasteiger partial charge >= 0.3 is 0 Å². The molecule has 0 aliphatic carbocycles. The largest absolute Gasteiger partial charge is 0.508 e. The lowest BCUT2D eigenvalue weighted by atomic mass is 10.1. The first kappa shape index (κ1) is 14.3. The van der Waals surface area contributed by atoms with Gasteiger partial charge in [-0.15, -0.1) is 0 Å². The van der Waals surface area contributed by atoms with Crippen LogP contribution in [0, 0.1) is 5.82 Å². The molecule has 2 unspecified atom stereocenters. The lowest BCUT2D eigenvalue weighted by Crippen LogP contribution is -2.51. The van der Waals surface area contributed by atoms with Crippen molar-refractivity contribution in [2.75, 3.05) is 18.5 Å². The summed E-state index contributed by atoms with van der Waals surface area (Å²) >= 11 is 3.32. The van der Waals surface area contributed by atoms with Crippen LogP contribution < -0.4 is 0 Å². The molecule has 2 rings (SSSR count). The predicted octanol–water partition coefficient (Wildman–Crippen LogP) is 2.16. The summed E-state index contributed by atoms with van der Waals surface area (Å²) in [4.78, 5) is 13.9. The smallest absolute Gasteiger partial charge is 0.257 e. The number of ether oxygens (including phenoxy) is 1. The summed E-state index contributed by atoms with van der Waals surface area (Å²) in [6.45, 7) is 2.72. The number of phenols is 1. The molecule has 4 nitrogen and oxygen atoms in total. The summed E-state index contributed by atoms with van der Waals surface area (Å²) in [5.74, 6) is -1.28. The zero-order valence-electron chi connectivity index (χ0n) is 10.5. The molecule has 1 amide bonds. The van der Waals surface area contributed by atoms with Crippen LogP contribution in [0.3, 0.4) is 0 Å². The Balaban J connectivity index is 2.22. The zero-order valence-corrected chi connectivity index (χ0v) is 12.1. The SMILES string of the molecule is CC1COC(CBr)CN1C(=O)c1ccc(O)cc1F. The molecule has 1 aliphatic heterocycles. The Morgan fingerprint density at radius 1 is 1.63 bits per heavy atom.